The minimum absolute atomic E-state index is 0. The second kappa shape index (κ2) is 11.0. The molecule has 0 saturated heterocycles. The van der Waals surface area contributed by atoms with E-state index < -0.39 is 12.1 Å². The highest BCUT2D eigenvalue weighted by molar-refractivity contribution is 14.0. The summed E-state index contributed by atoms with van der Waals surface area (Å²) in [5.74, 6) is 0.224. The van der Waals surface area contributed by atoms with E-state index >= 15 is 0 Å². The maximum Gasteiger partial charge on any atom is 0.391 e. The van der Waals surface area contributed by atoms with Crippen LogP contribution in [0.2, 0.25) is 0 Å². The Bertz CT molecular complexity index is 534. The third-order valence-corrected chi connectivity index (χ3v) is 4.68. The molecule has 4 nitrogen and oxygen atoms in total. The Kier molecular flexibility index (Phi) is 9.81. The Hall–Kier alpha value is -0.930. The van der Waals surface area contributed by atoms with Crippen LogP contribution in [-0.4, -0.2) is 30.8 Å². The summed E-state index contributed by atoms with van der Waals surface area (Å²) in [7, 11) is 0. The molecule has 3 atom stereocenters. The van der Waals surface area contributed by atoms with Crippen LogP contribution in [0.5, 0.6) is 0 Å². The van der Waals surface area contributed by atoms with Gasteiger partial charge in [0, 0.05) is 25.0 Å². The van der Waals surface area contributed by atoms with Crippen LogP contribution in [0.25, 0.3) is 0 Å². The summed E-state index contributed by atoms with van der Waals surface area (Å²) in [6, 6.07) is 3.73. The first-order valence-electron chi connectivity index (χ1n) is 9.05. The molecule has 2 rings (SSSR count). The van der Waals surface area contributed by atoms with Gasteiger partial charge in [0.1, 0.15) is 5.76 Å². The molecule has 0 aromatic carbocycles. The van der Waals surface area contributed by atoms with Crippen LogP contribution in [-0.2, 0) is 6.42 Å². The van der Waals surface area contributed by atoms with Gasteiger partial charge in [-0.3, -0.25) is 4.99 Å². The van der Waals surface area contributed by atoms with E-state index in [2.05, 4.69) is 22.5 Å². The molecule has 0 aliphatic heterocycles. The molecule has 8 heteroatoms. The second-order valence-electron chi connectivity index (χ2n) is 6.76. The molecule has 0 radical (unpaired) electrons. The summed E-state index contributed by atoms with van der Waals surface area (Å²) >= 11 is 0. The summed E-state index contributed by atoms with van der Waals surface area (Å²) in [5.41, 5.74) is 0. The fourth-order valence-electron chi connectivity index (χ4n) is 3.01. The number of aliphatic imine (C=N–C) groups is 1. The van der Waals surface area contributed by atoms with Gasteiger partial charge in [0.15, 0.2) is 5.96 Å². The summed E-state index contributed by atoms with van der Waals surface area (Å²) in [5, 5.41) is 6.49. The van der Waals surface area contributed by atoms with Gasteiger partial charge in [-0.25, -0.2) is 0 Å². The number of halogens is 4. The van der Waals surface area contributed by atoms with Gasteiger partial charge in [-0.15, -0.1) is 24.0 Å². The van der Waals surface area contributed by atoms with Crippen molar-refractivity contribution in [2.24, 2.45) is 10.9 Å². The molecule has 1 aliphatic rings. The maximum absolute atomic E-state index is 13.0. The van der Waals surface area contributed by atoms with E-state index in [0.717, 1.165) is 18.6 Å². The number of hydrogen-bond acceptors (Lipinski definition) is 2. The first kappa shape index (κ1) is 23.1. The van der Waals surface area contributed by atoms with E-state index in [4.69, 9.17) is 4.42 Å². The van der Waals surface area contributed by atoms with Crippen molar-refractivity contribution in [3.63, 3.8) is 0 Å². The molecule has 0 bridgehead atoms. The van der Waals surface area contributed by atoms with Crippen molar-refractivity contribution >= 4 is 29.9 Å². The first-order valence-corrected chi connectivity index (χ1v) is 9.05. The van der Waals surface area contributed by atoms with Crippen LogP contribution in [0.1, 0.15) is 51.7 Å². The predicted octanol–water partition coefficient (Wildman–Crippen LogP) is 4.89. The van der Waals surface area contributed by atoms with Crippen LogP contribution in [0.4, 0.5) is 13.2 Å². The van der Waals surface area contributed by atoms with Gasteiger partial charge in [-0.2, -0.15) is 13.2 Å². The van der Waals surface area contributed by atoms with Crippen molar-refractivity contribution in [1.29, 1.82) is 0 Å². The highest BCUT2D eigenvalue weighted by atomic mass is 127. The lowest BCUT2D eigenvalue weighted by atomic mass is 9.85. The standard InChI is InChI=1S/C18H28F3N3O.HI/c1-3-13(2)23-17(22-10-9-16-8-5-11-25-16)24-15-7-4-6-14(12-15)18(19,20)21;/h5,8,11,13-15H,3-4,6-7,9-10,12H2,1-2H3,(H2,22,23,24);1H. The van der Waals surface area contributed by atoms with Crippen molar-refractivity contribution in [3.8, 4) is 0 Å². The van der Waals surface area contributed by atoms with E-state index in [9.17, 15) is 13.2 Å². The molecule has 0 amide bonds. The highest BCUT2D eigenvalue weighted by Gasteiger charge is 2.42. The topological polar surface area (TPSA) is 49.6 Å². The average molecular weight is 487 g/mol. The Balaban J connectivity index is 0.00000338. The zero-order valence-corrected chi connectivity index (χ0v) is 17.6. The molecule has 1 aromatic rings. The number of hydrogen-bond donors (Lipinski definition) is 2. The fourth-order valence-corrected chi connectivity index (χ4v) is 3.01. The van der Waals surface area contributed by atoms with Crippen molar-refractivity contribution in [1.82, 2.24) is 10.6 Å². The highest BCUT2D eigenvalue weighted by Crippen LogP contribution is 2.37. The first-order chi connectivity index (χ1) is 11.9. The Morgan fingerprint density at radius 1 is 1.38 bits per heavy atom. The SMILES string of the molecule is CCC(C)NC(=NCCc1ccco1)NC1CCCC(C(F)(F)F)C1.I. The molecule has 3 unspecified atom stereocenters. The third-order valence-electron chi connectivity index (χ3n) is 4.68. The molecule has 1 aliphatic carbocycles. The van der Waals surface area contributed by atoms with Crippen LogP contribution >= 0.6 is 24.0 Å². The van der Waals surface area contributed by atoms with Crippen molar-refractivity contribution in [2.75, 3.05) is 6.54 Å². The van der Waals surface area contributed by atoms with Crippen molar-refractivity contribution in [2.45, 2.75) is 70.6 Å². The molecular formula is C18H29F3IN3O. The predicted molar refractivity (Wildman–Crippen MR) is 108 cm³/mol. The number of alkyl halides is 3. The monoisotopic (exact) mass is 487 g/mol. The largest absolute Gasteiger partial charge is 0.469 e. The average Bonchev–Trinajstić information content (AvgIpc) is 3.07. The van der Waals surface area contributed by atoms with Gasteiger partial charge in [0.2, 0.25) is 0 Å². The Morgan fingerprint density at radius 3 is 2.77 bits per heavy atom. The van der Waals surface area contributed by atoms with Gasteiger partial charge in [-0.1, -0.05) is 13.3 Å². The normalized spacial score (nSPS) is 22.4. The van der Waals surface area contributed by atoms with Gasteiger partial charge < -0.3 is 15.1 Å². The smallest absolute Gasteiger partial charge is 0.391 e. The minimum atomic E-state index is -4.11. The molecule has 1 aromatic heterocycles. The molecule has 150 valence electrons. The lowest BCUT2D eigenvalue weighted by Gasteiger charge is -2.32. The molecule has 26 heavy (non-hydrogen) atoms. The summed E-state index contributed by atoms with van der Waals surface area (Å²) in [4.78, 5) is 4.52. The van der Waals surface area contributed by atoms with Gasteiger partial charge >= 0.3 is 6.18 Å². The number of guanidine groups is 1. The molecule has 2 N–H and O–H groups in total. The summed E-state index contributed by atoms with van der Waals surface area (Å²) in [6.45, 7) is 4.61. The lowest BCUT2D eigenvalue weighted by Crippen LogP contribution is -2.49. The van der Waals surface area contributed by atoms with Crippen LogP contribution in [0, 0.1) is 5.92 Å². The molecule has 1 saturated carbocycles. The molecule has 0 spiro atoms. The zero-order chi connectivity index (χ0) is 18.3. The number of nitrogens with zero attached hydrogens (tertiary/aromatic N) is 1. The third kappa shape index (κ3) is 7.75. The van der Waals surface area contributed by atoms with Crippen LogP contribution < -0.4 is 10.6 Å². The number of rotatable bonds is 6. The van der Waals surface area contributed by atoms with E-state index in [0.29, 0.717) is 25.3 Å². The van der Waals surface area contributed by atoms with E-state index in [-0.39, 0.29) is 48.9 Å². The minimum Gasteiger partial charge on any atom is -0.469 e. The second-order valence-corrected chi connectivity index (χ2v) is 6.76. The van der Waals surface area contributed by atoms with Gasteiger partial charge in [-0.05, 0) is 44.7 Å². The van der Waals surface area contributed by atoms with Crippen molar-refractivity contribution < 1.29 is 17.6 Å². The Labute approximate surface area is 170 Å². The number of nitrogens with one attached hydrogen (secondary N) is 2. The molecular weight excluding hydrogens is 458 g/mol. The van der Waals surface area contributed by atoms with E-state index in [1.165, 1.54) is 0 Å². The quantitative estimate of drug-likeness (QED) is 0.341. The van der Waals surface area contributed by atoms with Gasteiger partial charge in [0.25, 0.3) is 0 Å². The van der Waals surface area contributed by atoms with Gasteiger partial charge in [0.05, 0.1) is 12.2 Å². The number of furan rings is 1. The van der Waals surface area contributed by atoms with Crippen LogP contribution in [0.3, 0.4) is 0 Å². The summed E-state index contributed by atoms with van der Waals surface area (Å²) < 4.78 is 44.3. The van der Waals surface area contributed by atoms with Crippen LogP contribution in [0.15, 0.2) is 27.8 Å². The van der Waals surface area contributed by atoms with E-state index in [1.54, 1.807) is 6.26 Å². The molecule has 1 fully saturated rings. The lowest BCUT2D eigenvalue weighted by molar-refractivity contribution is -0.183. The molecule has 1 heterocycles. The maximum atomic E-state index is 13.0. The zero-order valence-electron chi connectivity index (χ0n) is 15.3. The Morgan fingerprint density at radius 2 is 2.15 bits per heavy atom. The van der Waals surface area contributed by atoms with E-state index in [1.807, 2.05) is 19.1 Å². The fraction of sp³-hybridized carbons (Fsp3) is 0.722. The summed E-state index contributed by atoms with van der Waals surface area (Å²) in [6.07, 6.45) is 0.756. The van der Waals surface area contributed by atoms with Crippen molar-refractivity contribution in [3.05, 3.63) is 24.2 Å².